The summed E-state index contributed by atoms with van der Waals surface area (Å²) in [7, 11) is 4.81. The van der Waals surface area contributed by atoms with Crippen LogP contribution in [-0.2, 0) is 14.3 Å². The number of nitrogens with zero attached hydrogens (tertiary/aromatic N) is 1. The normalized spacial score (nSPS) is 21.8. The fraction of sp³-hybridized carbons (Fsp3) is 0.600. The van der Waals surface area contributed by atoms with Gasteiger partial charge in [-0.2, -0.15) is 0 Å². The van der Waals surface area contributed by atoms with Crippen LogP contribution >= 0.6 is 0 Å². The smallest absolute Gasteiger partial charge is 0.225 e. The number of carbonyl (C=O) groups excluding carboxylic acids is 2. The summed E-state index contributed by atoms with van der Waals surface area (Å²) in [6.45, 7) is 1.88. The molecule has 2 aliphatic rings. The van der Waals surface area contributed by atoms with E-state index in [0.717, 1.165) is 18.4 Å². The largest absolute Gasteiger partial charge is 0.497 e. The maximum atomic E-state index is 12.8. The monoisotopic (exact) mass is 376 g/mol. The number of likely N-dealkylation sites (tertiary alicyclic amines) is 1. The molecule has 1 aliphatic heterocycles. The Kier molecular flexibility index (Phi) is 6.21. The van der Waals surface area contributed by atoms with Gasteiger partial charge < -0.3 is 24.4 Å². The Morgan fingerprint density at radius 3 is 2.56 bits per heavy atom. The number of rotatable bonds is 8. The van der Waals surface area contributed by atoms with E-state index in [-0.39, 0.29) is 29.6 Å². The number of benzene rings is 1. The summed E-state index contributed by atoms with van der Waals surface area (Å²) in [5.74, 6) is 1.19. The van der Waals surface area contributed by atoms with E-state index in [0.29, 0.717) is 37.7 Å². The highest BCUT2D eigenvalue weighted by Crippen LogP contribution is 2.41. The molecular weight excluding hydrogens is 348 g/mol. The molecule has 1 heterocycles. The van der Waals surface area contributed by atoms with Crippen LogP contribution in [0.4, 0.5) is 0 Å². The average molecular weight is 376 g/mol. The van der Waals surface area contributed by atoms with Crippen molar-refractivity contribution in [1.29, 1.82) is 0 Å². The first-order chi connectivity index (χ1) is 13.1. The van der Waals surface area contributed by atoms with Gasteiger partial charge in [0.15, 0.2) is 0 Å². The van der Waals surface area contributed by atoms with Gasteiger partial charge in [0.25, 0.3) is 0 Å². The van der Waals surface area contributed by atoms with Gasteiger partial charge in [0.05, 0.1) is 26.7 Å². The van der Waals surface area contributed by atoms with Gasteiger partial charge >= 0.3 is 0 Å². The third kappa shape index (κ3) is 4.35. The Morgan fingerprint density at radius 1 is 1.15 bits per heavy atom. The van der Waals surface area contributed by atoms with Crippen molar-refractivity contribution in [3.05, 3.63) is 23.8 Å². The molecular formula is C20H28N2O5. The van der Waals surface area contributed by atoms with Crippen molar-refractivity contribution in [2.24, 2.45) is 11.8 Å². The second kappa shape index (κ2) is 8.61. The SMILES string of the molecule is COCCNC(=O)[C@@H]1CN(C(=O)C2CC2)C[C@@H]1c1ccc(OC)cc1OC. The van der Waals surface area contributed by atoms with Crippen LogP contribution in [0.1, 0.15) is 24.3 Å². The van der Waals surface area contributed by atoms with E-state index in [2.05, 4.69) is 5.32 Å². The molecule has 2 amide bonds. The zero-order chi connectivity index (χ0) is 19.4. The molecule has 1 saturated heterocycles. The molecule has 1 saturated carbocycles. The van der Waals surface area contributed by atoms with Crippen molar-refractivity contribution < 1.29 is 23.8 Å². The zero-order valence-electron chi connectivity index (χ0n) is 16.2. The second-order valence-corrected chi connectivity index (χ2v) is 7.12. The van der Waals surface area contributed by atoms with Crippen LogP contribution in [0.3, 0.4) is 0 Å². The van der Waals surface area contributed by atoms with E-state index in [4.69, 9.17) is 14.2 Å². The van der Waals surface area contributed by atoms with Crippen molar-refractivity contribution >= 4 is 11.8 Å². The first-order valence-corrected chi connectivity index (χ1v) is 9.36. The maximum absolute atomic E-state index is 12.8. The Hall–Kier alpha value is -2.28. The van der Waals surface area contributed by atoms with Gasteiger partial charge in [-0.25, -0.2) is 0 Å². The Labute approximate surface area is 160 Å². The minimum absolute atomic E-state index is 0.0546. The average Bonchev–Trinajstić information content (AvgIpc) is 3.45. The van der Waals surface area contributed by atoms with E-state index in [9.17, 15) is 9.59 Å². The number of nitrogens with one attached hydrogen (secondary N) is 1. The standard InChI is InChI=1S/C20H28N2O5/c1-25-9-8-21-19(23)17-12-22(20(24)13-4-5-13)11-16(17)15-7-6-14(26-2)10-18(15)27-3/h6-7,10,13,16-17H,4-5,8-9,11-12H2,1-3H3,(H,21,23)/t16-,17-/m1/s1. The molecule has 1 aliphatic carbocycles. The van der Waals surface area contributed by atoms with Crippen LogP contribution in [0.25, 0.3) is 0 Å². The molecule has 0 unspecified atom stereocenters. The predicted octanol–water partition coefficient (Wildman–Crippen LogP) is 1.42. The topological polar surface area (TPSA) is 77.1 Å². The molecule has 2 atom stereocenters. The van der Waals surface area contributed by atoms with Gasteiger partial charge in [0, 0.05) is 50.2 Å². The quantitative estimate of drug-likeness (QED) is 0.695. The van der Waals surface area contributed by atoms with Crippen LogP contribution in [0.2, 0.25) is 0 Å². The second-order valence-electron chi connectivity index (χ2n) is 7.12. The molecule has 148 valence electrons. The van der Waals surface area contributed by atoms with Crippen molar-refractivity contribution in [3.63, 3.8) is 0 Å². The lowest BCUT2D eigenvalue weighted by atomic mass is 9.87. The molecule has 27 heavy (non-hydrogen) atoms. The number of carbonyl (C=O) groups is 2. The van der Waals surface area contributed by atoms with Crippen molar-refractivity contribution in [2.45, 2.75) is 18.8 Å². The van der Waals surface area contributed by atoms with Crippen molar-refractivity contribution in [3.8, 4) is 11.5 Å². The summed E-state index contributed by atoms with van der Waals surface area (Å²) in [5.41, 5.74) is 0.927. The number of ether oxygens (including phenoxy) is 3. The van der Waals surface area contributed by atoms with E-state index in [1.165, 1.54) is 0 Å². The summed E-state index contributed by atoms with van der Waals surface area (Å²) in [4.78, 5) is 27.2. The van der Waals surface area contributed by atoms with E-state index in [1.54, 1.807) is 21.3 Å². The van der Waals surface area contributed by atoms with Crippen LogP contribution in [0.5, 0.6) is 11.5 Å². The van der Waals surface area contributed by atoms with Gasteiger partial charge in [0.2, 0.25) is 11.8 Å². The molecule has 1 aromatic rings. The molecule has 3 rings (SSSR count). The summed E-state index contributed by atoms with van der Waals surface area (Å²) >= 11 is 0. The van der Waals surface area contributed by atoms with Crippen LogP contribution in [-0.4, -0.2) is 64.3 Å². The van der Waals surface area contributed by atoms with Gasteiger partial charge in [0.1, 0.15) is 11.5 Å². The molecule has 7 heteroatoms. The highest BCUT2D eigenvalue weighted by Gasteiger charge is 2.44. The van der Waals surface area contributed by atoms with Gasteiger partial charge in [-0.1, -0.05) is 6.07 Å². The highest BCUT2D eigenvalue weighted by molar-refractivity contribution is 5.85. The van der Waals surface area contributed by atoms with Crippen molar-refractivity contribution in [2.75, 3.05) is 47.6 Å². The van der Waals surface area contributed by atoms with Crippen LogP contribution in [0, 0.1) is 11.8 Å². The number of amides is 2. The molecule has 1 aromatic carbocycles. The number of methoxy groups -OCH3 is 3. The predicted molar refractivity (Wildman–Crippen MR) is 100.0 cm³/mol. The third-order valence-electron chi connectivity index (χ3n) is 5.34. The Balaban J connectivity index is 1.84. The molecule has 0 aromatic heterocycles. The zero-order valence-corrected chi connectivity index (χ0v) is 16.2. The molecule has 1 N–H and O–H groups in total. The minimum atomic E-state index is -0.313. The molecule has 7 nitrogen and oxygen atoms in total. The van der Waals surface area contributed by atoms with Gasteiger partial charge in [-0.05, 0) is 18.9 Å². The lowest BCUT2D eigenvalue weighted by molar-refractivity contribution is -0.132. The van der Waals surface area contributed by atoms with Gasteiger partial charge in [-0.15, -0.1) is 0 Å². The van der Waals surface area contributed by atoms with Gasteiger partial charge in [-0.3, -0.25) is 9.59 Å². The first-order valence-electron chi connectivity index (χ1n) is 9.36. The molecule has 0 bridgehead atoms. The maximum Gasteiger partial charge on any atom is 0.225 e. The highest BCUT2D eigenvalue weighted by atomic mass is 16.5. The Morgan fingerprint density at radius 2 is 1.93 bits per heavy atom. The lowest BCUT2D eigenvalue weighted by Crippen LogP contribution is -2.37. The molecule has 2 fully saturated rings. The third-order valence-corrected chi connectivity index (χ3v) is 5.34. The van der Waals surface area contributed by atoms with Crippen LogP contribution in [0.15, 0.2) is 18.2 Å². The van der Waals surface area contributed by atoms with E-state index in [1.807, 2.05) is 23.1 Å². The number of hydrogen-bond donors (Lipinski definition) is 1. The summed E-state index contributed by atoms with van der Waals surface area (Å²) < 4.78 is 15.8. The fourth-order valence-electron chi connectivity index (χ4n) is 3.69. The summed E-state index contributed by atoms with van der Waals surface area (Å²) in [6, 6.07) is 5.62. The fourth-order valence-corrected chi connectivity index (χ4v) is 3.69. The first kappa shape index (κ1) is 19.5. The number of hydrogen-bond acceptors (Lipinski definition) is 5. The molecule has 0 spiro atoms. The van der Waals surface area contributed by atoms with Crippen LogP contribution < -0.4 is 14.8 Å². The van der Waals surface area contributed by atoms with Crippen molar-refractivity contribution in [1.82, 2.24) is 10.2 Å². The summed E-state index contributed by atoms with van der Waals surface area (Å²) in [6.07, 6.45) is 1.91. The summed E-state index contributed by atoms with van der Waals surface area (Å²) in [5, 5.41) is 2.92. The minimum Gasteiger partial charge on any atom is -0.497 e. The lowest BCUT2D eigenvalue weighted by Gasteiger charge is -2.21. The molecule has 0 radical (unpaired) electrons. The van der Waals surface area contributed by atoms with E-state index < -0.39 is 0 Å². The van der Waals surface area contributed by atoms with E-state index >= 15 is 0 Å². The Bertz CT molecular complexity index is 689.